The van der Waals surface area contributed by atoms with Gasteiger partial charge in [0, 0.05) is 12.2 Å². The molecule has 0 saturated heterocycles. The van der Waals surface area contributed by atoms with Gasteiger partial charge in [0.15, 0.2) is 0 Å². The summed E-state index contributed by atoms with van der Waals surface area (Å²) < 4.78 is 29.1. The van der Waals surface area contributed by atoms with Crippen LogP contribution >= 0.6 is 0 Å². The SMILES string of the molecule is CC1(Cc2nc(NC3CCC(OC(F)F)CC3)ncc2C(N)=O)CCC1. The Balaban J connectivity index is 1.64. The normalized spacial score (nSPS) is 24.9. The summed E-state index contributed by atoms with van der Waals surface area (Å²) in [5, 5.41) is 3.27. The fraction of sp³-hybridized carbons (Fsp3) is 0.722. The number of nitrogens with two attached hydrogens (primary N) is 1. The summed E-state index contributed by atoms with van der Waals surface area (Å²) in [6.45, 7) is -0.523. The van der Waals surface area contributed by atoms with Crippen LogP contribution < -0.4 is 11.1 Å². The van der Waals surface area contributed by atoms with Gasteiger partial charge in [-0.1, -0.05) is 13.3 Å². The Bertz CT molecular complexity index is 644. The number of alkyl halides is 2. The summed E-state index contributed by atoms with van der Waals surface area (Å²) in [6.07, 6.45) is 7.81. The minimum absolute atomic E-state index is 0.110. The van der Waals surface area contributed by atoms with E-state index in [1.807, 2.05) is 0 Å². The van der Waals surface area contributed by atoms with Gasteiger partial charge in [0.2, 0.25) is 5.95 Å². The molecular formula is C18H26F2N4O2. The maximum Gasteiger partial charge on any atom is 0.345 e. The molecule has 0 atom stereocenters. The lowest BCUT2D eigenvalue weighted by Gasteiger charge is -2.38. The molecule has 8 heteroatoms. The maximum atomic E-state index is 12.3. The predicted molar refractivity (Wildman–Crippen MR) is 93.0 cm³/mol. The van der Waals surface area contributed by atoms with Crippen LogP contribution in [0.5, 0.6) is 0 Å². The quantitative estimate of drug-likeness (QED) is 0.771. The molecule has 6 nitrogen and oxygen atoms in total. The molecule has 0 bridgehead atoms. The van der Waals surface area contributed by atoms with Crippen molar-refractivity contribution in [3.8, 4) is 0 Å². The minimum atomic E-state index is -2.72. The van der Waals surface area contributed by atoms with Crippen molar-refractivity contribution < 1.29 is 18.3 Å². The summed E-state index contributed by atoms with van der Waals surface area (Å²) >= 11 is 0. The number of carbonyl (C=O) groups is 1. The third kappa shape index (κ3) is 4.66. The van der Waals surface area contributed by atoms with E-state index in [-0.39, 0.29) is 17.6 Å². The van der Waals surface area contributed by atoms with Crippen LogP contribution in [0.1, 0.15) is 67.9 Å². The predicted octanol–water partition coefficient (Wildman–Crippen LogP) is 3.27. The van der Waals surface area contributed by atoms with Crippen molar-refractivity contribution in [3.05, 3.63) is 17.5 Å². The highest BCUT2D eigenvalue weighted by atomic mass is 19.3. The molecule has 26 heavy (non-hydrogen) atoms. The summed E-state index contributed by atoms with van der Waals surface area (Å²) in [6, 6.07) is 0.110. The first-order valence-electron chi connectivity index (χ1n) is 9.20. The highest BCUT2D eigenvalue weighted by molar-refractivity contribution is 5.93. The zero-order valence-electron chi connectivity index (χ0n) is 15.0. The summed E-state index contributed by atoms with van der Waals surface area (Å²) in [5.74, 6) is -0.0507. The number of halogens is 2. The number of aromatic nitrogens is 2. The zero-order valence-corrected chi connectivity index (χ0v) is 15.0. The number of hydrogen-bond acceptors (Lipinski definition) is 5. The first-order chi connectivity index (χ1) is 12.3. The maximum absolute atomic E-state index is 12.3. The van der Waals surface area contributed by atoms with Gasteiger partial charge < -0.3 is 15.8 Å². The molecule has 3 N–H and O–H groups in total. The van der Waals surface area contributed by atoms with E-state index < -0.39 is 12.5 Å². The molecule has 0 aromatic carbocycles. The Labute approximate surface area is 151 Å². The highest BCUT2D eigenvalue weighted by Crippen LogP contribution is 2.43. The molecular weight excluding hydrogens is 342 g/mol. The number of amides is 1. The van der Waals surface area contributed by atoms with Crippen LogP contribution in [0.2, 0.25) is 0 Å². The van der Waals surface area contributed by atoms with Crippen molar-refractivity contribution in [3.63, 3.8) is 0 Å². The lowest BCUT2D eigenvalue weighted by atomic mass is 9.67. The van der Waals surface area contributed by atoms with Crippen molar-refractivity contribution in [2.24, 2.45) is 11.1 Å². The number of hydrogen-bond donors (Lipinski definition) is 2. The van der Waals surface area contributed by atoms with Crippen molar-refractivity contribution in [2.75, 3.05) is 5.32 Å². The standard InChI is InChI=1S/C18H26F2N4O2/c1-18(7-2-8-18)9-14-13(15(21)25)10-22-17(24-14)23-11-3-5-12(6-4-11)26-16(19)20/h10-12,16H,2-9H2,1H3,(H2,21,25)(H,22,23,24). The van der Waals surface area contributed by atoms with Gasteiger partial charge >= 0.3 is 6.61 Å². The molecule has 0 unspecified atom stereocenters. The third-order valence-electron chi connectivity index (χ3n) is 5.59. The van der Waals surface area contributed by atoms with Crippen LogP contribution in [0, 0.1) is 5.41 Å². The largest absolute Gasteiger partial charge is 0.365 e. The molecule has 1 heterocycles. The Hall–Kier alpha value is -1.83. The van der Waals surface area contributed by atoms with E-state index in [2.05, 4.69) is 26.9 Å². The second-order valence-corrected chi connectivity index (χ2v) is 7.77. The second-order valence-electron chi connectivity index (χ2n) is 7.77. The molecule has 2 aliphatic rings. The third-order valence-corrected chi connectivity index (χ3v) is 5.59. The summed E-state index contributed by atoms with van der Waals surface area (Å²) in [7, 11) is 0. The average molecular weight is 368 g/mol. The van der Waals surface area contributed by atoms with Gasteiger partial charge in [-0.25, -0.2) is 9.97 Å². The van der Waals surface area contributed by atoms with Gasteiger partial charge in [-0.15, -0.1) is 0 Å². The van der Waals surface area contributed by atoms with Gasteiger partial charge in [-0.2, -0.15) is 8.78 Å². The molecule has 0 radical (unpaired) electrons. The molecule has 0 spiro atoms. The molecule has 2 aliphatic carbocycles. The van der Waals surface area contributed by atoms with Gasteiger partial charge in [0.25, 0.3) is 5.91 Å². The minimum Gasteiger partial charge on any atom is -0.365 e. The molecule has 2 saturated carbocycles. The summed E-state index contributed by atoms with van der Waals surface area (Å²) in [4.78, 5) is 20.5. The van der Waals surface area contributed by atoms with Crippen molar-refractivity contribution in [1.29, 1.82) is 0 Å². The topological polar surface area (TPSA) is 90.1 Å². The van der Waals surface area contributed by atoms with Crippen molar-refractivity contribution >= 4 is 11.9 Å². The van der Waals surface area contributed by atoms with Crippen LogP contribution in [0.4, 0.5) is 14.7 Å². The summed E-state index contributed by atoms with van der Waals surface area (Å²) in [5.41, 5.74) is 6.69. The number of anilines is 1. The number of rotatable bonds is 7. The fourth-order valence-corrected chi connectivity index (χ4v) is 3.86. The van der Waals surface area contributed by atoms with Gasteiger partial charge in [0.1, 0.15) is 0 Å². The molecule has 1 amide bonds. The number of primary amides is 1. The van der Waals surface area contributed by atoms with Gasteiger partial charge in [-0.3, -0.25) is 4.79 Å². The fourth-order valence-electron chi connectivity index (χ4n) is 3.86. The smallest absolute Gasteiger partial charge is 0.345 e. The average Bonchev–Trinajstić information content (AvgIpc) is 2.55. The van der Waals surface area contributed by atoms with E-state index in [9.17, 15) is 13.6 Å². The highest BCUT2D eigenvalue weighted by Gasteiger charge is 2.34. The monoisotopic (exact) mass is 368 g/mol. The van der Waals surface area contributed by atoms with Crippen LogP contribution in [0.15, 0.2) is 6.20 Å². The Morgan fingerprint density at radius 3 is 2.62 bits per heavy atom. The van der Waals surface area contributed by atoms with Crippen molar-refractivity contribution in [2.45, 2.75) is 77.0 Å². The molecule has 1 aromatic heterocycles. The van der Waals surface area contributed by atoms with Gasteiger partial charge in [-0.05, 0) is 50.4 Å². The first-order valence-corrected chi connectivity index (χ1v) is 9.20. The van der Waals surface area contributed by atoms with E-state index in [0.717, 1.165) is 12.8 Å². The van der Waals surface area contributed by atoms with Crippen LogP contribution in [-0.2, 0) is 11.2 Å². The molecule has 1 aromatic rings. The Kier molecular flexibility index (Phi) is 5.70. The number of nitrogens with zero attached hydrogens (tertiary/aromatic N) is 2. The van der Waals surface area contributed by atoms with Crippen LogP contribution in [0.25, 0.3) is 0 Å². The molecule has 0 aliphatic heterocycles. The van der Waals surface area contributed by atoms with E-state index in [1.54, 1.807) is 0 Å². The lowest BCUT2D eigenvalue weighted by molar-refractivity contribution is -0.169. The van der Waals surface area contributed by atoms with E-state index in [0.29, 0.717) is 49.3 Å². The molecule has 2 fully saturated rings. The molecule has 3 rings (SSSR count). The molecule has 144 valence electrons. The number of ether oxygens (including phenoxy) is 1. The van der Waals surface area contributed by atoms with Crippen molar-refractivity contribution in [1.82, 2.24) is 9.97 Å². The van der Waals surface area contributed by atoms with Crippen LogP contribution in [-0.4, -0.2) is 34.6 Å². The second kappa shape index (κ2) is 7.82. The van der Waals surface area contributed by atoms with E-state index >= 15 is 0 Å². The lowest BCUT2D eigenvalue weighted by Crippen LogP contribution is -2.32. The van der Waals surface area contributed by atoms with E-state index in [1.165, 1.54) is 12.6 Å². The number of nitrogens with one attached hydrogen (secondary N) is 1. The van der Waals surface area contributed by atoms with Gasteiger partial charge in [0.05, 0.1) is 17.4 Å². The first kappa shape index (κ1) is 18.9. The van der Waals surface area contributed by atoms with Crippen LogP contribution in [0.3, 0.4) is 0 Å². The number of carbonyl (C=O) groups excluding carboxylic acids is 1. The zero-order chi connectivity index (χ0) is 18.7. The van der Waals surface area contributed by atoms with E-state index in [4.69, 9.17) is 5.73 Å². The Morgan fingerprint density at radius 2 is 2.08 bits per heavy atom. The Morgan fingerprint density at radius 1 is 1.38 bits per heavy atom.